The third kappa shape index (κ3) is 2.80. The smallest absolute Gasteiger partial charge is 0.0898 e. The lowest BCUT2D eigenvalue weighted by molar-refractivity contribution is 0.269. The van der Waals surface area contributed by atoms with Gasteiger partial charge in [-0.3, -0.25) is 4.68 Å². The van der Waals surface area contributed by atoms with Crippen LogP contribution in [-0.4, -0.2) is 26.5 Å². The molecule has 0 aromatic carbocycles. The molecule has 5 nitrogen and oxygen atoms in total. The first-order valence-electron chi connectivity index (χ1n) is 5.06. The Kier molecular flexibility index (Phi) is 3.53. The molecule has 2 aromatic rings. The molecule has 6 heteroatoms. The van der Waals surface area contributed by atoms with Gasteiger partial charge in [0.05, 0.1) is 42.3 Å². The van der Waals surface area contributed by atoms with Crippen molar-refractivity contribution in [2.45, 2.75) is 20.0 Å². The van der Waals surface area contributed by atoms with Gasteiger partial charge in [0.25, 0.3) is 0 Å². The maximum Gasteiger partial charge on any atom is 0.0898 e. The van der Waals surface area contributed by atoms with E-state index >= 15 is 0 Å². The van der Waals surface area contributed by atoms with Crippen LogP contribution in [0.2, 0.25) is 0 Å². The number of anilines is 1. The first kappa shape index (κ1) is 11.1. The van der Waals surface area contributed by atoms with Crippen molar-refractivity contribution in [3.8, 4) is 0 Å². The SMILES string of the molecule is Cc1nc(CNc2cnn(CCO)c2)cs1. The Hall–Kier alpha value is -1.40. The summed E-state index contributed by atoms with van der Waals surface area (Å²) in [6, 6.07) is 0. The third-order valence-corrected chi connectivity index (χ3v) is 2.92. The lowest BCUT2D eigenvalue weighted by Gasteiger charge is -1.99. The average Bonchev–Trinajstić information content (AvgIpc) is 2.85. The van der Waals surface area contributed by atoms with E-state index in [9.17, 15) is 0 Å². The highest BCUT2D eigenvalue weighted by atomic mass is 32.1. The summed E-state index contributed by atoms with van der Waals surface area (Å²) in [5, 5.41) is 19.2. The quantitative estimate of drug-likeness (QED) is 0.823. The van der Waals surface area contributed by atoms with E-state index in [1.807, 2.05) is 18.5 Å². The number of aryl methyl sites for hydroxylation is 1. The molecule has 0 unspecified atom stereocenters. The van der Waals surface area contributed by atoms with Crippen LogP contribution in [0.25, 0.3) is 0 Å². The fourth-order valence-corrected chi connectivity index (χ4v) is 1.97. The van der Waals surface area contributed by atoms with Gasteiger partial charge in [-0.2, -0.15) is 5.10 Å². The monoisotopic (exact) mass is 238 g/mol. The fourth-order valence-electron chi connectivity index (χ4n) is 1.36. The molecule has 2 aromatic heterocycles. The van der Waals surface area contributed by atoms with Gasteiger partial charge in [0.15, 0.2) is 0 Å². The second-order valence-electron chi connectivity index (χ2n) is 3.43. The molecule has 0 atom stereocenters. The van der Waals surface area contributed by atoms with Crippen LogP contribution in [0.3, 0.4) is 0 Å². The van der Waals surface area contributed by atoms with Crippen LogP contribution in [0.5, 0.6) is 0 Å². The van der Waals surface area contributed by atoms with Crippen LogP contribution in [-0.2, 0) is 13.1 Å². The molecule has 0 radical (unpaired) electrons. The standard InChI is InChI=1S/C10H14N4OS/c1-8-13-10(7-16-8)4-11-9-5-12-14(6-9)2-3-15/h5-7,11,15H,2-4H2,1H3. The molecule has 0 bridgehead atoms. The highest BCUT2D eigenvalue weighted by Gasteiger charge is 2.00. The minimum absolute atomic E-state index is 0.104. The van der Waals surface area contributed by atoms with E-state index in [0.717, 1.165) is 16.4 Å². The summed E-state index contributed by atoms with van der Waals surface area (Å²) in [6.45, 7) is 3.33. The molecule has 0 saturated heterocycles. The molecule has 0 fully saturated rings. The zero-order chi connectivity index (χ0) is 11.4. The lowest BCUT2D eigenvalue weighted by atomic mass is 10.4. The maximum absolute atomic E-state index is 8.75. The van der Waals surface area contributed by atoms with Crippen LogP contribution < -0.4 is 5.32 Å². The number of nitrogens with one attached hydrogen (secondary N) is 1. The summed E-state index contributed by atoms with van der Waals surface area (Å²) in [7, 11) is 0. The predicted octanol–water partition coefficient (Wildman–Crippen LogP) is 1.25. The van der Waals surface area contributed by atoms with Crippen LogP contribution in [0.4, 0.5) is 5.69 Å². The highest BCUT2D eigenvalue weighted by Crippen LogP contribution is 2.11. The number of nitrogens with zero attached hydrogens (tertiary/aromatic N) is 3. The van der Waals surface area contributed by atoms with Gasteiger partial charge in [0, 0.05) is 11.6 Å². The first-order chi connectivity index (χ1) is 7.78. The van der Waals surface area contributed by atoms with Crippen LogP contribution >= 0.6 is 11.3 Å². The van der Waals surface area contributed by atoms with Gasteiger partial charge in [-0.05, 0) is 6.92 Å². The van der Waals surface area contributed by atoms with Crippen molar-refractivity contribution in [2.75, 3.05) is 11.9 Å². The molecule has 2 N–H and O–H groups in total. The summed E-state index contributed by atoms with van der Waals surface area (Å²) in [5.74, 6) is 0. The number of aliphatic hydroxyl groups is 1. The molecule has 16 heavy (non-hydrogen) atoms. The molecule has 0 saturated carbocycles. The Morgan fingerprint density at radius 1 is 1.56 bits per heavy atom. The van der Waals surface area contributed by atoms with Crippen molar-refractivity contribution >= 4 is 17.0 Å². The summed E-state index contributed by atoms with van der Waals surface area (Å²) in [5.41, 5.74) is 1.98. The Labute approximate surface area is 97.8 Å². The van der Waals surface area contributed by atoms with E-state index < -0.39 is 0 Å². The van der Waals surface area contributed by atoms with Gasteiger partial charge in [-0.15, -0.1) is 11.3 Å². The molecule has 0 aliphatic heterocycles. The molecule has 0 aliphatic carbocycles. The molecule has 0 spiro atoms. The van der Waals surface area contributed by atoms with Gasteiger partial charge < -0.3 is 10.4 Å². The molecule has 2 rings (SSSR count). The van der Waals surface area contributed by atoms with Crippen molar-refractivity contribution < 1.29 is 5.11 Å². The van der Waals surface area contributed by atoms with Crippen molar-refractivity contribution in [3.63, 3.8) is 0 Å². The van der Waals surface area contributed by atoms with E-state index in [1.165, 1.54) is 0 Å². The fraction of sp³-hybridized carbons (Fsp3) is 0.400. The van der Waals surface area contributed by atoms with E-state index in [2.05, 4.69) is 15.4 Å². The van der Waals surface area contributed by atoms with Gasteiger partial charge in [0.1, 0.15) is 0 Å². The van der Waals surface area contributed by atoms with Gasteiger partial charge >= 0.3 is 0 Å². The number of thiazole rings is 1. The number of aromatic nitrogens is 3. The number of hydrogen-bond donors (Lipinski definition) is 2. The Balaban J connectivity index is 1.89. The largest absolute Gasteiger partial charge is 0.394 e. The number of rotatable bonds is 5. The van der Waals surface area contributed by atoms with E-state index in [4.69, 9.17) is 5.11 Å². The van der Waals surface area contributed by atoms with Gasteiger partial charge in [-0.1, -0.05) is 0 Å². The number of aliphatic hydroxyl groups excluding tert-OH is 1. The maximum atomic E-state index is 8.75. The summed E-state index contributed by atoms with van der Waals surface area (Å²) >= 11 is 1.65. The lowest BCUT2D eigenvalue weighted by Crippen LogP contribution is -2.02. The van der Waals surface area contributed by atoms with Crippen molar-refractivity contribution in [3.05, 3.63) is 28.5 Å². The van der Waals surface area contributed by atoms with Crippen LogP contribution in [0, 0.1) is 6.92 Å². The Morgan fingerprint density at radius 3 is 3.12 bits per heavy atom. The van der Waals surface area contributed by atoms with E-state index in [-0.39, 0.29) is 6.61 Å². The minimum Gasteiger partial charge on any atom is -0.394 e. The third-order valence-electron chi connectivity index (χ3n) is 2.10. The Bertz CT molecular complexity index is 451. The highest BCUT2D eigenvalue weighted by molar-refractivity contribution is 7.09. The van der Waals surface area contributed by atoms with Crippen molar-refractivity contribution in [2.24, 2.45) is 0 Å². The van der Waals surface area contributed by atoms with Crippen LogP contribution in [0.15, 0.2) is 17.8 Å². The molecule has 0 amide bonds. The first-order valence-corrected chi connectivity index (χ1v) is 5.94. The second kappa shape index (κ2) is 5.09. The second-order valence-corrected chi connectivity index (χ2v) is 4.49. The zero-order valence-corrected chi connectivity index (χ0v) is 9.87. The number of hydrogen-bond acceptors (Lipinski definition) is 5. The summed E-state index contributed by atoms with van der Waals surface area (Å²) in [4.78, 5) is 4.36. The minimum atomic E-state index is 0.104. The molecule has 86 valence electrons. The average molecular weight is 238 g/mol. The zero-order valence-electron chi connectivity index (χ0n) is 9.05. The predicted molar refractivity (Wildman–Crippen MR) is 63.5 cm³/mol. The molecule has 0 aliphatic rings. The molecule has 2 heterocycles. The van der Waals surface area contributed by atoms with E-state index in [0.29, 0.717) is 13.1 Å². The van der Waals surface area contributed by atoms with Gasteiger partial charge in [-0.25, -0.2) is 4.98 Å². The van der Waals surface area contributed by atoms with Crippen molar-refractivity contribution in [1.82, 2.24) is 14.8 Å². The normalized spacial score (nSPS) is 10.6. The van der Waals surface area contributed by atoms with Crippen LogP contribution in [0.1, 0.15) is 10.7 Å². The van der Waals surface area contributed by atoms with Gasteiger partial charge in [0.2, 0.25) is 0 Å². The van der Waals surface area contributed by atoms with Crippen molar-refractivity contribution in [1.29, 1.82) is 0 Å². The summed E-state index contributed by atoms with van der Waals surface area (Å²) < 4.78 is 1.70. The van der Waals surface area contributed by atoms with E-state index in [1.54, 1.807) is 22.2 Å². The molecular weight excluding hydrogens is 224 g/mol. The summed E-state index contributed by atoms with van der Waals surface area (Å²) in [6.07, 6.45) is 3.62. The topological polar surface area (TPSA) is 63.0 Å². The Morgan fingerprint density at radius 2 is 2.44 bits per heavy atom. The molecular formula is C10H14N4OS.